The van der Waals surface area contributed by atoms with Gasteiger partial charge in [0.1, 0.15) is 0 Å². The normalized spacial score (nSPS) is 15.4. The van der Waals surface area contributed by atoms with Crippen LogP contribution in [0.25, 0.3) is 0 Å². The summed E-state index contributed by atoms with van der Waals surface area (Å²) in [7, 11) is -3.28. The van der Waals surface area contributed by atoms with Crippen LogP contribution in [-0.4, -0.2) is 25.3 Å². The highest BCUT2D eigenvalue weighted by Gasteiger charge is 2.36. The molecule has 1 aliphatic carbocycles. The molecule has 21 heavy (non-hydrogen) atoms. The molecular formula is C16H22N2O2S. The Morgan fingerprint density at radius 2 is 1.90 bits per heavy atom. The molecule has 4 nitrogen and oxygen atoms in total. The predicted octanol–water partition coefficient (Wildman–Crippen LogP) is 2.90. The summed E-state index contributed by atoms with van der Waals surface area (Å²) in [6.45, 7) is 4.83. The van der Waals surface area contributed by atoms with Crippen molar-refractivity contribution < 1.29 is 8.42 Å². The van der Waals surface area contributed by atoms with Crippen LogP contribution in [0.15, 0.2) is 24.3 Å². The number of hydrogen-bond acceptors (Lipinski definition) is 3. The summed E-state index contributed by atoms with van der Waals surface area (Å²) in [4.78, 5) is 0. The number of sulfonamides is 1. The van der Waals surface area contributed by atoms with Gasteiger partial charge in [0, 0.05) is 12.6 Å². The minimum absolute atomic E-state index is 0.0211. The lowest BCUT2D eigenvalue weighted by Crippen LogP contribution is -2.35. The van der Waals surface area contributed by atoms with Gasteiger partial charge in [0.25, 0.3) is 0 Å². The van der Waals surface area contributed by atoms with Gasteiger partial charge in [-0.3, -0.25) is 0 Å². The van der Waals surface area contributed by atoms with Gasteiger partial charge in [0.2, 0.25) is 10.0 Å². The maximum Gasteiger partial charge on any atom is 0.218 e. The minimum atomic E-state index is -3.28. The van der Waals surface area contributed by atoms with Crippen LogP contribution in [0.3, 0.4) is 0 Å². The largest absolute Gasteiger partial charge is 0.218 e. The van der Waals surface area contributed by atoms with E-state index in [1.165, 1.54) is 0 Å². The van der Waals surface area contributed by atoms with Gasteiger partial charge in [0.05, 0.1) is 17.4 Å². The van der Waals surface area contributed by atoms with Crippen molar-refractivity contribution in [3.05, 3.63) is 35.4 Å². The van der Waals surface area contributed by atoms with Crippen molar-refractivity contribution in [2.45, 2.75) is 44.9 Å². The number of nitrogens with zero attached hydrogens (tertiary/aromatic N) is 2. The summed E-state index contributed by atoms with van der Waals surface area (Å²) < 4.78 is 26.9. The lowest BCUT2D eigenvalue weighted by molar-refractivity contribution is 0.373. The second kappa shape index (κ2) is 6.59. The molecule has 1 aromatic carbocycles. The smallest absolute Gasteiger partial charge is 0.212 e. The average molecular weight is 306 g/mol. The Hall–Kier alpha value is -1.38. The lowest BCUT2D eigenvalue weighted by atomic mass is 10.1. The quantitative estimate of drug-likeness (QED) is 0.778. The Kier molecular flexibility index (Phi) is 5.02. The van der Waals surface area contributed by atoms with Crippen LogP contribution in [0.4, 0.5) is 0 Å². The second-order valence-electron chi connectivity index (χ2n) is 6.09. The Balaban J connectivity index is 2.08. The monoisotopic (exact) mass is 306 g/mol. The third kappa shape index (κ3) is 4.55. The summed E-state index contributed by atoms with van der Waals surface area (Å²) in [5, 5.41) is 8.78. The van der Waals surface area contributed by atoms with Gasteiger partial charge in [-0.15, -0.1) is 0 Å². The number of benzene rings is 1. The lowest BCUT2D eigenvalue weighted by Gasteiger charge is -2.22. The first-order valence-electron chi connectivity index (χ1n) is 7.41. The van der Waals surface area contributed by atoms with Crippen molar-refractivity contribution in [2.75, 3.05) is 6.54 Å². The Morgan fingerprint density at radius 1 is 1.29 bits per heavy atom. The van der Waals surface area contributed by atoms with Crippen LogP contribution < -0.4 is 0 Å². The summed E-state index contributed by atoms with van der Waals surface area (Å²) in [6, 6.07) is 9.03. The fourth-order valence-corrected chi connectivity index (χ4v) is 4.09. The van der Waals surface area contributed by atoms with E-state index in [0.29, 0.717) is 18.0 Å². The molecule has 0 spiro atoms. The van der Waals surface area contributed by atoms with Crippen molar-refractivity contribution in [1.82, 2.24) is 4.31 Å². The predicted molar refractivity (Wildman–Crippen MR) is 83.0 cm³/mol. The molecule has 0 bridgehead atoms. The van der Waals surface area contributed by atoms with E-state index in [1.807, 2.05) is 6.07 Å². The highest BCUT2D eigenvalue weighted by molar-refractivity contribution is 7.88. The molecule has 1 aromatic rings. The zero-order valence-electron chi connectivity index (χ0n) is 12.6. The molecule has 0 atom stereocenters. The molecule has 1 saturated carbocycles. The van der Waals surface area contributed by atoms with Crippen molar-refractivity contribution in [3.8, 4) is 6.07 Å². The molecule has 0 aromatic heterocycles. The maximum absolute atomic E-state index is 12.6. The molecule has 5 heteroatoms. The number of nitriles is 1. The van der Waals surface area contributed by atoms with Crippen molar-refractivity contribution in [2.24, 2.45) is 5.92 Å². The van der Waals surface area contributed by atoms with Gasteiger partial charge in [-0.05, 0) is 42.9 Å². The molecule has 1 aliphatic rings. The average Bonchev–Trinajstić information content (AvgIpc) is 3.23. The van der Waals surface area contributed by atoms with E-state index in [9.17, 15) is 8.42 Å². The third-order valence-electron chi connectivity index (χ3n) is 3.67. The molecule has 0 aliphatic heterocycles. The fourth-order valence-electron chi connectivity index (χ4n) is 2.27. The van der Waals surface area contributed by atoms with E-state index in [2.05, 4.69) is 13.8 Å². The van der Waals surface area contributed by atoms with Gasteiger partial charge < -0.3 is 0 Å². The Labute approximate surface area is 127 Å². The van der Waals surface area contributed by atoms with E-state index in [-0.39, 0.29) is 11.8 Å². The molecule has 2 rings (SSSR count). The van der Waals surface area contributed by atoms with Gasteiger partial charge in [-0.25, -0.2) is 8.42 Å². The molecule has 0 amide bonds. The molecular weight excluding hydrogens is 284 g/mol. The molecule has 0 unspecified atom stereocenters. The number of rotatable bonds is 7. The molecule has 114 valence electrons. The molecule has 0 saturated heterocycles. The summed E-state index contributed by atoms with van der Waals surface area (Å²) in [5.41, 5.74) is 1.29. The van der Waals surface area contributed by atoms with Crippen LogP contribution in [-0.2, 0) is 15.8 Å². The third-order valence-corrected chi connectivity index (χ3v) is 5.56. The Morgan fingerprint density at radius 3 is 2.38 bits per heavy atom. The van der Waals surface area contributed by atoms with Gasteiger partial charge >= 0.3 is 0 Å². The summed E-state index contributed by atoms with van der Waals surface area (Å²) in [5.74, 6) is 0.518. The highest BCUT2D eigenvalue weighted by atomic mass is 32.2. The summed E-state index contributed by atoms with van der Waals surface area (Å²) >= 11 is 0. The SMILES string of the molecule is CC(C)CCN(C1CC1)S(=O)(=O)Cc1ccc(C#N)cc1. The van der Waals surface area contributed by atoms with Crippen LogP contribution >= 0.6 is 0 Å². The minimum Gasteiger partial charge on any atom is -0.212 e. The van der Waals surface area contributed by atoms with Crippen molar-refractivity contribution in [3.63, 3.8) is 0 Å². The van der Waals surface area contributed by atoms with Gasteiger partial charge in [-0.2, -0.15) is 9.57 Å². The maximum atomic E-state index is 12.6. The van der Waals surface area contributed by atoms with Crippen LogP contribution in [0, 0.1) is 17.2 Å². The standard InChI is InChI=1S/C16H22N2O2S/c1-13(2)9-10-18(16-7-8-16)21(19,20)12-15-5-3-14(11-17)4-6-15/h3-6,13,16H,7-10,12H2,1-2H3. The van der Waals surface area contributed by atoms with Crippen LogP contribution in [0.1, 0.15) is 44.2 Å². The molecule has 1 fully saturated rings. The van der Waals surface area contributed by atoms with E-state index < -0.39 is 10.0 Å². The van der Waals surface area contributed by atoms with Crippen LogP contribution in [0.2, 0.25) is 0 Å². The van der Waals surface area contributed by atoms with Crippen LogP contribution in [0.5, 0.6) is 0 Å². The van der Waals surface area contributed by atoms with Gasteiger partial charge in [-0.1, -0.05) is 26.0 Å². The highest BCUT2D eigenvalue weighted by Crippen LogP contribution is 2.31. The molecule has 0 heterocycles. The first-order valence-corrected chi connectivity index (χ1v) is 9.02. The van der Waals surface area contributed by atoms with E-state index in [4.69, 9.17) is 5.26 Å². The van der Waals surface area contributed by atoms with E-state index >= 15 is 0 Å². The van der Waals surface area contributed by atoms with E-state index in [0.717, 1.165) is 24.8 Å². The summed E-state index contributed by atoms with van der Waals surface area (Å²) in [6.07, 6.45) is 2.85. The number of hydrogen-bond donors (Lipinski definition) is 0. The van der Waals surface area contributed by atoms with Gasteiger partial charge in [0.15, 0.2) is 0 Å². The topological polar surface area (TPSA) is 61.2 Å². The van der Waals surface area contributed by atoms with E-state index in [1.54, 1.807) is 28.6 Å². The first-order chi connectivity index (χ1) is 9.92. The Bertz CT molecular complexity index is 611. The zero-order valence-corrected chi connectivity index (χ0v) is 13.4. The fraction of sp³-hybridized carbons (Fsp3) is 0.562. The first kappa shape index (κ1) is 16.0. The molecule has 0 radical (unpaired) electrons. The zero-order chi connectivity index (χ0) is 15.5. The van der Waals surface area contributed by atoms with Crippen molar-refractivity contribution in [1.29, 1.82) is 5.26 Å². The second-order valence-corrected chi connectivity index (χ2v) is 8.01. The molecule has 0 N–H and O–H groups in total. The van der Waals surface area contributed by atoms with Crippen molar-refractivity contribution >= 4 is 10.0 Å².